The number of aliphatic hydroxyl groups is 2. The Labute approximate surface area is 391 Å². The lowest BCUT2D eigenvalue weighted by molar-refractivity contribution is -0.0429. The van der Waals surface area contributed by atoms with Gasteiger partial charge in [0.2, 0.25) is 0 Å². The Morgan fingerprint density at radius 1 is 0.469 bits per heavy atom. The Morgan fingerprint density at radius 2 is 0.844 bits per heavy atom. The summed E-state index contributed by atoms with van der Waals surface area (Å²) in [7, 11) is 1.78. The summed E-state index contributed by atoms with van der Waals surface area (Å²) >= 11 is 0. The van der Waals surface area contributed by atoms with Crippen molar-refractivity contribution < 1.29 is 78.5 Å². The van der Waals surface area contributed by atoms with Crippen LogP contribution in [0, 0.1) is 0 Å². The highest BCUT2D eigenvalue weighted by Gasteiger charge is 2.46. The minimum Gasteiger partial charge on any atom is -0.396 e. The number of nitrogens with two attached hydrogens (primary N) is 2. The van der Waals surface area contributed by atoms with Crippen LogP contribution in [0.15, 0.2) is 0 Å². The molecule has 0 aromatic carbocycles. The van der Waals surface area contributed by atoms with E-state index in [0.29, 0.717) is 131 Å². The topological polar surface area (TPSA) is 243 Å². The number of unbranched alkanes of at least 4 members (excludes halogenated alkanes) is 1. The van der Waals surface area contributed by atoms with Crippen LogP contribution in [-0.4, -0.2) is 217 Å². The van der Waals surface area contributed by atoms with Gasteiger partial charge in [-0.1, -0.05) is 13.3 Å². The highest BCUT2D eigenvalue weighted by molar-refractivity contribution is 6.61. The summed E-state index contributed by atoms with van der Waals surface area (Å²) in [5.74, 6) is 0. The van der Waals surface area contributed by atoms with Gasteiger partial charge in [0.25, 0.3) is 0 Å². The molecule has 0 saturated heterocycles. The molecule has 20 nitrogen and oxygen atoms in total. The normalized spacial score (nSPS) is 12.3. The maximum atomic E-state index is 9.21. The molecule has 64 heavy (non-hydrogen) atoms. The van der Waals surface area contributed by atoms with Crippen molar-refractivity contribution in [1.29, 1.82) is 0 Å². The van der Waals surface area contributed by atoms with Gasteiger partial charge < -0.3 is 95.3 Å². The van der Waals surface area contributed by atoms with Gasteiger partial charge in [-0.05, 0) is 85.5 Å². The second-order valence-corrected chi connectivity index (χ2v) is 22.8. The summed E-state index contributed by atoms with van der Waals surface area (Å²) in [5.41, 5.74) is 10.6. The van der Waals surface area contributed by atoms with Crippen LogP contribution in [0.4, 0.5) is 0 Å². The lowest BCUT2D eigenvalue weighted by Crippen LogP contribution is -2.53. The van der Waals surface area contributed by atoms with Crippen molar-refractivity contribution in [2.24, 2.45) is 11.5 Å². The van der Waals surface area contributed by atoms with Crippen LogP contribution in [0.5, 0.6) is 0 Å². The van der Waals surface area contributed by atoms with Crippen molar-refractivity contribution in [2.45, 2.75) is 96.4 Å². The van der Waals surface area contributed by atoms with E-state index in [1.165, 1.54) is 12.8 Å². The molecular weight excluding hydrogens is 891 g/mol. The average molecular weight is 988 g/mol. The van der Waals surface area contributed by atoms with Gasteiger partial charge in [0.1, 0.15) is 0 Å². The van der Waals surface area contributed by atoms with Crippen molar-refractivity contribution in [1.82, 2.24) is 5.32 Å². The first-order chi connectivity index (χ1) is 31.0. The molecule has 0 aliphatic carbocycles. The van der Waals surface area contributed by atoms with Crippen LogP contribution in [0.3, 0.4) is 0 Å². The van der Waals surface area contributed by atoms with Gasteiger partial charge in [0, 0.05) is 87.2 Å². The number of methoxy groups -OCH3 is 3. The maximum absolute atomic E-state index is 9.21. The zero-order valence-electron chi connectivity index (χ0n) is 41.9. The van der Waals surface area contributed by atoms with Gasteiger partial charge in [-0.25, -0.2) is 0 Å². The fraction of sp³-hybridized carbons (Fsp3) is 1.00. The van der Waals surface area contributed by atoms with Crippen molar-refractivity contribution in [3.05, 3.63) is 0 Å². The van der Waals surface area contributed by atoms with Gasteiger partial charge in [-0.15, -0.1) is 0 Å². The van der Waals surface area contributed by atoms with Gasteiger partial charge >= 0.3 is 26.4 Å². The highest BCUT2D eigenvalue weighted by Crippen LogP contribution is 2.29. The zero-order valence-corrected chi connectivity index (χ0v) is 44.9. The van der Waals surface area contributed by atoms with E-state index in [-0.39, 0.29) is 13.2 Å². The van der Waals surface area contributed by atoms with E-state index in [1.807, 2.05) is 20.8 Å². The smallest absolute Gasteiger partial charge is 0.396 e. The SMILES string of the molecule is CCCCNCCC[Si](OC)(OC)OC.CCO[Si](CCCN)(OCC)OC(C)(CCO)CCO.COCCOCCO[Si](CCCN)(OCCOCCOC)OCCOCCOC. The second-order valence-electron chi connectivity index (χ2n) is 14.4. The van der Waals surface area contributed by atoms with Crippen LogP contribution in [-0.2, 0) is 68.3 Å². The quantitative estimate of drug-likeness (QED) is 0.0435. The molecule has 0 amide bonds. The first-order valence-corrected chi connectivity index (χ1v) is 28.9. The third-order valence-corrected chi connectivity index (χ3v) is 18.2. The summed E-state index contributed by atoms with van der Waals surface area (Å²) in [6.07, 6.45) is 5.88. The van der Waals surface area contributed by atoms with Gasteiger partial charge in [0.15, 0.2) is 0 Å². The molecule has 23 heteroatoms. The van der Waals surface area contributed by atoms with Gasteiger partial charge in [0.05, 0.1) is 84.9 Å². The van der Waals surface area contributed by atoms with E-state index >= 15 is 0 Å². The molecule has 0 atom stereocenters. The lowest BCUT2D eigenvalue weighted by Gasteiger charge is -2.39. The van der Waals surface area contributed by atoms with Crippen LogP contribution in [0.25, 0.3) is 0 Å². The lowest BCUT2D eigenvalue weighted by atomic mass is 9.99. The van der Waals surface area contributed by atoms with E-state index in [9.17, 15) is 10.2 Å². The summed E-state index contributed by atoms with van der Waals surface area (Å²) in [6, 6.07) is 2.14. The van der Waals surface area contributed by atoms with Crippen LogP contribution >= 0.6 is 0 Å². The molecule has 0 unspecified atom stereocenters. The predicted octanol–water partition coefficient (Wildman–Crippen LogP) is 2.84. The minimum absolute atomic E-state index is 0.00385. The van der Waals surface area contributed by atoms with Crippen molar-refractivity contribution >= 4 is 26.4 Å². The Bertz CT molecular complexity index is 870. The minimum atomic E-state index is -2.94. The van der Waals surface area contributed by atoms with Gasteiger partial charge in [-0.3, -0.25) is 0 Å². The molecular formula is C41H97N3O17Si3. The third-order valence-electron chi connectivity index (χ3n) is 9.21. The van der Waals surface area contributed by atoms with Crippen molar-refractivity contribution in [2.75, 3.05) is 175 Å². The molecule has 7 N–H and O–H groups in total. The monoisotopic (exact) mass is 988 g/mol. The van der Waals surface area contributed by atoms with E-state index in [2.05, 4.69) is 12.2 Å². The standard InChI is InChI=1S/C18H41NO9Si.C13H31NO5Si.C10H25NO3Si/c1-20-6-9-23-12-15-26-29(18-4-5-19,27-16-13-24-10-7-21-2)28-17-14-25-11-8-22-3;1-4-17-20(18-5-2,12-6-9-14)19-13(3,7-10-15)8-11-16;1-5-6-8-11-9-7-10-15(12-2,13-3)14-4/h4-19H2,1-3H3;15-16H,4-12,14H2,1-3H3;11H,5-10H2,1-4H3. The molecule has 0 rings (SSSR count). The first kappa shape index (κ1) is 68.1. The molecule has 0 saturated carbocycles. The van der Waals surface area contributed by atoms with E-state index in [4.69, 9.17) is 79.7 Å². The number of ether oxygens (including phenoxy) is 6. The Morgan fingerprint density at radius 3 is 1.19 bits per heavy atom. The molecule has 0 bridgehead atoms. The van der Waals surface area contributed by atoms with Crippen molar-refractivity contribution in [3.63, 3.8) is 0 Å². The Balaban J connectivity index is -0.000000926. The summed E-state index contributed by atoms with van der Waals surface area (Å²) in [5, 5.41) is 21.8. The maximum Gasteiger partial charge on any atom is 0.501 e. The summed E-state index contributed by atoms with van der Waals surface area (Å²) in [4.78, 5) is 0. The molecule has 0 aliphatic heterocycles. The van der Waals surface area contributed by atoms with Crippen LogP contribution in [0.2, 0.25) is 18.1 Å². The second kappa shape index (κ2) is 49.3. The Kier molecular flexibility index (Phi) is 52.4. The fourth-order valence-electron chi connectivity index (χ4n) is 5.70. The molecule has 0 aliphatic rings. The molecule has 0 aromatic heterocycles. The number of hydrogen-bond donors (Lipinski definition) is 5. The van der Waals surface area contributed by atoms with Crippen molar-refractivity contribution in [3.8, 4) is 0 Å². The van der Waals surface area contributed by atoms with Gasteiger partial charge in [-0.2, -0.15) is 0 Å². The third kappa shape index (κ3) is 38.8. The van der Waals surface area contributed by atoms with E-state index < -0.39 is 32.0 Å². The van der Waals surface area contributed by atoms with Crippen LogP contribution in [0.1, 0.15) is 72.6 Å². The summed E-state index contributed by atoms with van der Waals surface area (Å²) < 4.78 is 83.4. The number of aliphatic hydroxyl groups excluding tert-OH is 2. The van der Waals surface area contributed by atoms with E-state index in [1.54, 1.807) is 42.7 Å². The number of hydrogen-bond acceptors (Lipinski definition) is 20. The first-order valence-electron chi connectivity index (χ1n) is 23.1. The highest BCUT2D eigenvalue weighted by atomic mass is 28.4. The molecule has 390 valence electrons. The largest absolute Gasteiger partial charge is 0.501 e. The number of rotatable bonds is 47. The average Bonchev–Trinajstić information content (AvgIpc) is 3.29. The Hall–Kier alpha value is -0.149. The van der Waals surface area contributed by atoms with E-state index in [0.717, 1.165) is 38.4 Å². The molecule has 0 spiro atoms. The zero-order chi connectivity index (χ0) is 48.5. The fourth-order valence-corrected chi connectivity index (χ4v) is 13.0. The molecule has 0 radical (unpaired) electrons. The predicted molar refractivity (Wildman–Crippen MR) is 255 cm³/mol. The molecule has 0 fully saturated rings. The number of nitrogens with one attached hydrogen (secondary N) is 1. The molecule has 0 aromatic rings. The summed E-state index contributed by atoms with van der Waals surface area (Å²) in [6.45, 7) is 17.6. The van der Waals surface area contributed by atoms with Crippen LogP contribution < -0.4 is 16.8 Å². The molecule has 0 heterocycles.